The van der Waals surface area contributed by atoms with Gasteiger partial charge in [-0.2, -0.15) is 4.31 Å². The van der Waals surface area contributed by atoms with E-state index in [9.17, 15) is 23.3 Å². The van der Waals surface area contributed by atoms with Crippen molar-refractivity contribution < 1.29 is 27.3 Å². The topological polar surface area (TPSA) is 123 Å². The van der Waals surface area contributed by atoms with Crippen molar-refractivity contribution in [2.45, 2.75) is 36.9 Å². The zero-order valence-corrected chi connectivity index (χ0v) is 20.4. The number of non-ortho nitro benzene ring substituents is 1. The van der Waals surface area contributed by atoms with Gasteiger partial charge >= 0.3 is 0 Å². The number of amides is 1. The molecule has 1 amide bonds. The van der Waals surface area contributed by atoms with Gasteiger partial charge in [-0.25, -0.2) is 8.42 Å². The Hall–Kier alpha value is -3.54. The smallest absolute Gasteiger partial charge is 0.269 e. The summed E-state index contributed by atoms with van der Waals surface area (Å²) >= 11 is 0. The molecule has 1 aromatic heterocycles. The molecule has 4 rings (SSSR count). The molecule has 2 aromatic carbocycles. The number of ether oxygens (including phenoxy) is 1. The lowest BCUT2D eigenvalue weighted by molar-refractivity contribution is -0.384. The van der Waals surface area contributed by atoms with Crippen molar-refractivity contribution in [3.05, 3.63) is 94.4 Å². The van der Waals surface area contributed by atoms with Gasteiger partial charge in [0.15, 0.2) is 0 Å². The maximum absolute atomic E-state index is 13.5. The highest BCUT2D eigenvalue weighted by molar-refractivity contribution is 7.89. The molecule has 1 fully saturated rings. The van der Waals surface area contributed by atoms with E-state index in [-0.39, 0.29) is 36.3 Å². The van der Waals surface area contributed by atoms with Crippen molar-refractivity contribution in [1.82, 2.24) is 9.21 Å². The van der Waals surface area contributed by atoms with Crippen LogP contribution in [0.25, 0.3) is 0 Å². The van der Waals surface area contributed by atoms with Crippen molar-refractivity contribution in [3.63, 3.8) is 0 Å². The predicted molar refractivity (Wildman–Crippen MR) is 130 cm³/mol. The summed E-state index contributed by atoms with van der Waals surface area (Å²) in [5.74, 6) is 0.168. The molecule has 1 aliphatic heterocycles. The van der Waals surface area contributed by atoms with Gasteiger partial charge in [-0.15, -0.1) is 0 Å². The molecule has 0 bridgehead atoms. The van der Waals surface area contributed by atoms with E-state index in [0.717, 1.165) is 28.4 Å². The van der Waals surface area contributed by atoms with Crippen LogP contribution in [0.2, 0.25) is 0 Å². The first-order chi connectivity index (χ1) is 17.3. The number of carbonyl (C=O) groups is 1. The second-order valence-corrected chi connectivity index (χ2v) is 10.4. The number of hydrogen-bond donors (Lipinski definition) is 0. The largest absolute Gasteiger partial charge is 0.467 e. The van der Waals surface area contributed by atoms with E-state index in [2.05, 4.69) is 0 Å². The van der Waals surface area contributed by atoms with Crippen molar-refractivity contribution >= 4 is 21.6 Å². The number of furan rings is 1. The third kappa shape index (κ3) is 6.36. The molecule has 0 saturated carbocycles. The fraction of sp³-hybridized carbons (Fsp3) is 0.320. The summed E-state index contributed by atoms with van der Waals surface area (Å²) in [5, 5.41) is 11.0. The second-order valence-electron chi connectivity index (χ2n) is 8.50. The second kappa shape index (κ2) is 11.5. The number of carbonyl (C=O) groups excluding carboxylic acids is 1. The van der Waals surface area contributed by atoms with Crippen LogP contribution in [0.1, 0.15) is 24.2 Å². The fourth-order valence-corrected chi connectivity index (χ4v) is 5.45. The number of nitrogens with zero attached hydrogens (tertiary/aromatic N) is 3. The molecular weight excluding hydrogens is 486 g/mol. The normalized spacial score (nSPS) is 15.8. The molecule has 0 radical (unpaired) electrons. The van der Waals surface area contributed by atoms with Crippen LogP contribution < -0.4 is 0 Å². The van der Waals surface area contributed by atoms with Gasteiger partial charge in [0, 0.05) is 31.8 Å². The molecule has 0 aliphatic carbocycles. The summed E-state index contributed by atoms with van der Waals surface area (Å²) in [6.07, 6.45) is 2.67. The predicted octanol–water partition coefficient (Wildman–Crippen LogP) is 3.59. The maximum Gasteiger partial charge on any atom is 0.269 e. The van der Waals surface area contributed by atoms with Crippen LogP contribution in [0.15, 0.2) is 82.3 Å². The van der Waals surface area contributed by atoms with E-state index in [1.54, 1.807) is 17.0 Å². The Labute approximate surface area is 209 Å². The number of hydrogen-bond acceptors (Lipinski definition) is 7. The van der Waals surface area contributed by atoms with Gasteiger partial charge in [-0.1, -0.05) is 30.3 Å². The van der Waals surface area contributed by atoms with Gasteiger partial charge in [0.1, 0.15) is 5.76 Å². The quantitative estimate of drug-likeness (QED) is 0.284. The average Bonchev–Trinajstić information content (AvgIpc) is 3.58. The van der Waals surface area contributed by atoms with Crippen molar-refractivity contribution in [2.75, 3.05) is 19.7 Å². The van der Waals surface area contributed by atoms with Crippen LogP contribution in [-0.2, 0) is 32.6 Å². The molecule has 0 spiro atoms. The molecule has 11 heteroatoms. The van der Waals surface area contributed by atoms with E-state index in [1.165, 1.54) is 18.4 Å². The summed E-state index contributed by atoms with van der Waals surface area (Å²) in [7, 11) is -4.13. The Bertz CT molecular complexity index is 1260. The Morgan fingerprint density at radius 2 is 1.78 bits per heavy atom. The van der Waals surface area contributed by atoms with E-state index in [1.807, 2.05) is 30.3 Å². The Balaban J connectivity index is 1.59. The zero-order valence-electron chi connectivity index (χ0n) is 19.6. The van der Waals surface area contributed by atoms with Gasteiger partial charge < -0.3 is 14.1 Å². The molecular formula is C25H27N3O7S. The Morgan fingerprint density at radius 3 is 2.39 bits per heavy atom. The minimum absolute atomic E-state index is 0.00495. The zero-order chi connectivity index (χ0) is 25.5. The molecule has 36 heavy (non-hydrogen) atoms. The van der Waals surface area contributed by atoms with E-state index < -0.39 is 27.4 Å². The third-order valence-corrected chi connectivity index (χ3v) is 7.75. The summed E-state index contributed by atoms with van der Waals surface area (Å²) < 4.78 is 39.3. The Morgan fingerprint density at radius 1 is 1.03 bits per heavy atom. The van der Waals surface area contributed by atoms with Gasteiger partial charge in [-0.3, -0.25) is 14.9 Å². The number of nitro groups is 1. The van der Waals surface area contributed by atoms with Gasteiger partial charge in [0.2, 0.25) is 15.9 Å². The number of benzene rings is 2. The molecule has 190 valence electrons. The van der Waals surface area contributed by atoms with E-state index >= 15 is 0 Å². The van der Waals surface area contributed by atoms with Gasteiger partial charge in [0.25, 0.3) is 5.69 Å². The molecule has 0 N–H and O–H groups in total. The maximum atomic E-state index is 13.5. The van der Waals surface area contributed by atoms with Gasteiger partial charge in [0.05, 0.1) is 35.3 Å². The van der Waals surface area contributed by atoms with Gasteiger partial charge in [-0.05, 0) is 42.7 Å². The van der Waals surface area contributed by atoms with E-state index in [0.29, 0.717) is 18.8 Å². The highest BCUT2D eigenvalue weighted by atomic mass is 32.2. The molecule has 1 unspecified atom stereocenters. The summed E-state index contributed by atoms with van der Waals surface area (Å²) in [6.45, 7) is 0.568. The molecule has 1 saturated heterocycles. The standard InChI is InChI=1S/C25H27N3O7S/c29-25(26(17-22-8-4-14-34-22)16-20-6-2-1-3-7-20)19-27(18-23-9-5-15-35-23)36(32,33)24-12-10-21(11-13-24)28(30)31/h1-4,6-8,10-14,23H,5,9,15-19H2. The highest BCUT2D eigenvalue weighted by Gasteiger charge is 2.32. The SMILES string of the molecule is O=C(CN(CC1CCCO1)S(=O)(=O)c1ccc([N+](=O)[O-])cc1)N(Cc1ccccc1)Cc1ccco1. The van der Waals surface area contributed by atoms with Crippen molar-refractivity contribution in [3.8, 4) is 0 Å². The first-order valence-electron chi connectivity index (χ1n) is 11.5. The highest BCUT2D eigenvalue weighted by Crippen LogP contribution is 2.23. The molecule has 10 nitrogen and oxygen atoms in total. The Kier molecular flexibility index (Phi) is 8.14. The third-order valence-electron chi connectivity index (χ3n) is 5.92. The minimum Gasteiger partial charge on any atom is -0.467 e. The first-order valence-corrected chi connectivity index (χ1v) is 13.0. The summed E-state index contributed by atoms with van der Waals surface area (Å²) in [4.78, 5) is 25.3. The summed E-state index contributed by atoms with van der Waals surface area (Å²) in [5.41, 5.74) is 0.671. The lowest BCUT2D eigenvalue weighted by atomic mass is 10.2. The monoisotopic (exact) mass is 513 g/mol. The summed E-state index contributed by atoms with van der Waals surface area (Å²) in [6, 6.07) is 17.5. The van der Waals surface area contributed by atoms with Crippen LogP contribution in [-0.4, -0.2) is 54.3 Å². The first kappa shape index (κ1) is 25.5. The molecule has 3 aromatic rings. The number of nitro benzene ring substituents is 1. The van der Waals surface area contributed by atoms with Crippen LogP contribution in [0, 0.1) is 10.1 Å². The van der Waals surface area contributed by atoms with Crippen LogP contribution in [0.5, 0.6) is 0 Å². The lowest BCUT2D eigenvalue weighted by Gasteiger charge is -2.28. The fourth-order valence-electron chi connectivity index (χ4n) is 4.03. The van der Waals surface area contributed by atoms with E-state index in [4.69, 9.17) is 9.15 Å². The molecule has 1 aliphatic rings. The lowest BCUT2D eigenvalue weighted by Crippen LogP contribution is -2.45. The van der Waals surface area contributed by atoms with Crippen LogP contribution >= 0.6 is 0 Å². The van der Waals surface area contributed by atoms with Crippen LogP contribution in [0.4, 0.5) is 5.69 Å². The number of rotatable bonds is 11. The number of sulfonamides is 1. The minimum atomic E-state index is -4.13. The van der Waals surface area contributed by atoms with Crippen molar-refractivity contribution in [2.24, 2.45) is 0 Å². The molecule has 1 atom stereocenters. The van der Waals surface area contributed by atoms with Crippen molar-refractivity contribution in [1.29, 1.82) is 0 Å². The average molecular weight is 514 g/mol. The van der Waals surface area contributed by atoms with Crippen LogP contribution in [0.3, 0.4) is 0 Å². The molecule has 2 heterocycles.